The summed E-state index contributed by atoms with van der Waals surface area (Å²) in [5, 5.41) is 83.3. The van der Waals surface area contributed by atoms with Gasteiger partial charge in [0.05, 0.1) is 43.1 Å². The average Bonchev–Trinajstić information content (AvgIpc) is 3.62. The van der Waals surface area contributed by atoms with Crippen molar-refractivity contribution in [2.75, 3.05) is 19.8 Å². The van der Waals surface area contributed by atoms with Crippen LogP contribution >= 0.6 is 0 Å². The molecule has 2 amide bonds. The average molecular weight is 607 g/mol. The number of amides is 2. The van der Waals surface area contributed by atoms with Gasteiger partial charge in [-0.25, -0.2) is 10.4 Å². The molecule has 0 spiro atoms. The Morgan fingerprint density at radius 3 is 2.11 bits per heavy atom. The van der Waals surface area contributed by atoms with Gasteiger partial charge in [0.25, 0.3) is 11.8 Å². The lowest BCUT2D eigenvalue weighted by Crippen LogP contribution is -2.59. The van der Waals surface area contributed by atoms with Gasteiger partial charge in [0.2, 0.25) is 0 Å². The fraction of sp³-hybridized carbons (Fsp3) is 0.355. The lowest BCUT2D eigenvalue weighted by molar-refractivity contribution is -0.231. The van der Waals surface area contributed by atoms with Crippen molar-refractivity contribution in [2.24, 2.45) is 0 Å². The Bertz CT molecular complexity index is 1720. The second-order valence-electron chi connectivity index (χ2n) is 11.6. The van der Waals surface area contributed by atoms with E-state index in [1.54, 1.807) is 18.2 Å². The number of benzene rings is 3. The van der Waals surface area contributed by atoms with E-state index < -0.39 is 74.1 Å². The Kier molecular flexibility index (Phi) is 6.77. The van der Waals surface area contributed by atoms with Gasteiger partial charge in [0.1, 0.15) is 35.9 Å². The van der Waals surface area contributed by atoms with Crippen LogP contribution in [0.4, 0.5) is 0 Å². The Labute approximate surface area is 249 Å². The van der Waals surface area contributed by atoms with Crippen LogP contribution < -0.4 is 5.43 Å². The molecule has 1 saturated heterocycles. The van der Waals surface area contributed by atoms with Gasteiger partial charge in [-0.1, -0.05) is 12.1 Å². The summed E-state index contributed by atoms with van der Waals surface area (Å²) in [4.78, 5) is 28.1. The van der Waals surface area contributed by atoms with Gasteiger partial charge in [0, 0.05) is 5.92 Å². The Hall–Kier alpha value is -3.92. The first-order valence-electron chi connectivity index (χ1n) is 14.2. The van der Waals surface area contributed by atoms with Gasteiger partial charge in [0.15, 0.2) is 0 Å². The topological polar surface area (TPSA) is 220 Å². The number of rotatable bonds is 6. The van der Waals surface area contributed by atoms with Gasteiger partial charge in [-0.05, 0) is 75.2 Å². The number of imide groups is 1. The van der Waals surface area contributed by atoms with Crippen molar-refractivity contribution >= 4 is 11.8 Å². The summed E-state index contributed by atoms with van der Waals surface area (Å²) in [6.45, 7) is -1.79. The summed E-state index contributed by atoms with van der Waals surface area (Å²) in [5.74, 6) is -2.55. The van der Waals surface area contributed by atoms with Crippen LogP contribution in [0.2, 0.25) is 0 Å². The van der Waals surface area contributed by atoms with Crippen LogP contribution in [0.1, 0.15) is 48.9 Å². The number of phenolic OH excluding ortho intramolecular Hbond substituents is 2. The number of aliphatic hydroxyl groups is 6. The van der Waals surface area contributed by atoms with E-state index in [1.807, 2.05) is 0 Å². The fourth-order valence-corrected chi connectivity index (χ4v) is 7.21. The molecule has 2 aliphatic heterocycles. The number of nitrogens with zero attached hydrogens (tertiary/aromatic N) is 1. The van der Waals surface area contributed by atoms with Crippen LogP contribution in [-0.2, 0) is 11.2 Å². The second kappa shape index (κ2) is 10.3. The number of hydrazine groups is 1. The minimum Gasteiger partial charge on any atom is -0.508 e. The van der Waals surface area contributed by atoms with E-state index in [2.05, 4.69) is 5.43 Å². The van der Waals surface area contributed by atoms with Crippen molar-refractivity contribution in [1.29, 1.82) is 0 Å². The molecule has 0 saturated carbocycles. The number of ether oxygens (including phenoxy) is 1. The first-order chi connectivity index (χ1) is 21.1. The maximum absolute atomic E-state index is 14.1. The molecule has 0 radical (unpaired) electrons. The number of aromatic hydroxyl groups is 2. The number of hydrogen-bond acceptors (Lipinski definition) is 12. The molecule has 1 fully saturated rings. The molecule has 2 heterocycles. The number of fused-ring (bicyclic) bond motifs is 10. The van der Waals surface area contributed by atoms with E-state index in [9.17, 15) is 50.4 Å². The summed E-state index contributed by atoms with van der Waals surface area (Å²) < 4.78 is 6.03. The molecule has 6 atom stereocenters. The van der Waals surface area contributed by atoms with Gasteiger partial charge >= 0.3 is 0 Å². The molecule has 4 aliphatic rings. The molecule has 7 rings (SSSR count). The number of nitrogens with one attached hydrogen (secondary N) is 1. The number of aliphatic hydroxyl groups excluding tert-OH is 6. The molecule has 6 unspecified atom stereocenters. The smallest absolute Gasteiger partial charge is 0.276 e. The van der Waals surface area contributed by atoms with Crippen molar-refractivity contribution in [3.05, 3.63) is 69.8 Å². The third kappa shape index (κ3) is 3.89. The normalized spacial score (nSPS) is 26.6. The quantitative estimate of drug-likeness (QED) is 0.122. The fourth-order valence-electron chi connectivity index (χ4n) is 7.21. The highest BCUT2D eigenvalue weighted by Crippen LogP contribution is 2.58. The molecular formula is C31H30N2O11. The largest absolute Gasteiger partial charge is 0.508 e. The first kappa shape index (κ1) is 28.8. The molecule has 13 heteroatoms. The Morgan fingerprint density at radius 2 is 1.45 bits per heavy atom. The molecule has 0 aromatic heterocycles. The monoisotopic (exact) mass is 606 g/mol. The lowest BCUT2D eigenvalue weighted by atomic mass is 9.79. The maximum Gasteiger partial charge on any atom is 0.276 e. The first-order valence-corrected chi connectivity index (χ1v) is 14.2. The van der Waals surface area contributed by atoms with Crippen LogP contribution in [0.5, 0.6) is 11.5 Å². The third-order valence-electron chi connectivity index (χ3n) is 9.17. The van der Waals surface area contributed by atoms with Crippen LogP contribution in [0, 0.1) is 0 Å². The molecule has 3 aromatic rings. The van der Waals surface area contributed by atoms with E-state index in [-0.39, 0.29) is 29.0 Å². The molecule has 44 heavy (non-hydrogen) atoms. The summed E-state index contributed by atoms with van der Waals surface area (Å²) in [6, 6.07) is 8.06. The Balaban J connectivity index is 1.53. The van der Waals surface area contributed by atoms with Crippen molar-refractivity contribution in [1.82, 2.24) is 10.4 Å². The third-order valence-corrected chi connectivity index (χ3v) is 9.17. The zero-order valence-corrected chi connectivity index (χ0v) is 23.1. The molecule has 0 bridgehead atoms. The molecule has 2 aliphatic carbocycles. The highest BCUT2D eigenvalue weighted by molar-refractivity contribution is 6.27. The van der Waals surface area contributed by atoms with Crippen LogP contribution in [0.15, 0.2) is 36.4 Å². The second-order valence-corrected chi connectivity index (χ2v) is 11.6. The predicted octanol–water partition coefficient (Wildman–Crippen LogP) is -0.923. The number of carbonyl (C=O) groups is 2. The van der Waals surface area contributed by atoms with Crippen LogP contribution in [-0.4, -0.2) is 114 Å². The summed E-state index contributed by atoms with van der Waals surface area (Å²) >= 11 is 0. The molecule has 9 N–H and O–H groups in total. The highest BCUT2D eigenvalue weighted by atomic mass is 16.5. The van der Waals surface area contributed by atoms with Crippen molar-refractivity contribution < 1.29 is 55.2 Å². The van der Waals surface area contributed by atoms with Crippen LogP contribution in [0.25, 0.3) is 22.3 Å². The van der Waals surface area contributed by atoms with E-state index in [4.69, 9.17) is 4.74 Å². The molecule has 13 nitrogen and oxygen atoms in total. The van der Waals surface area contributed by atoms with Gasteiger partial charge < -0.3 is 45.6 Å². The minimum absolute atomic E-state index is 0.0111. The summed E-state index contributed by atoms with van der Waals surface area (Å²) in [7, 11) is 0. The number of carbonyl (C=O) groups excluding carboxylic acids is 2. The summed E-state index contributed by atoms with van der Waals surface area (Å²) in [5.41, 5.74) is 6.71. The predicted molar refractivity (Wildman–Crippen MR) is 151 cm³/mol. The molecule has 3 aromatic carbocycles. The van der Waals surface area contributed by atoms with Crippen LogP contribution in [0.3, 0.4) is 0 Å². The summed E-state index contributed by atoms with van der Waals surface area (Å²) in [6.07, 6.45) is -7.23. The Morgan fingerprint density at radius 1 is 0.818 bits per heavy atom. The highest BCUT2D eigenvalue weighted by Gasteiger charge is 2.54. The zero-order valence-electron chi connectivity index (χ0n) is 23.1. The standard InChI is InChI=1S/C31H30N2O11/c34-8-12(9-35)32-33-30(42)24-20-15-3-1-13(37)5-11(15)6-18(20)22-21(25(24)31(33)43)16-4-2-14(38)7-17(16)23(22)29-28(41)27(40)26(39)19(10-36)44-29/h1-5,7,12,19,23,26-29,32,34-41H,6,8-10H2. The molecule has 230 valence electrons. The van der Waals surface area contributed by atoms with E-state index in [1.165, 1.54) is 18.2 Å². The zero-order chi connectivity index (χ0) is 31.2. The van der Waals surface area contributed by atoms with E-state index >= 15 is 0 Å². The van der Waals surface area contributed by atoms with Crippen molar-refractivity contribution in [3.8, 4) is 33.8 Å². The lowest BCUT2D eigenvalue weighted by Gasteiger charge is -2.43. The van der Waals surface area contributed by atoms with Gasteiger partial charge in [-0.2, -0.15) is 0 Å². The number of hydrogen-bond donors (Lipinski definition) is 9. The van der Waals surface area contributed by atoms with Gasteiger partial charge in [-0.3, -0.25) is 9.59 Å². The molecular weight excluding hydrogens is 576 g/mol. The maximum atomic E-state index is 14.1. The number of phenols is 2. The van der Waals surface area contributed by atoms with E-state index in [0.29, 0.717) is 44.5 Å². The van der Waals surface area contributed by atoms with E-state index in [0.717, 1.165) is 5.01 Å². The van der Waals surface area contributed by atoms with Crippen molar-refractivity contribution in [2.45, 2.75) is 48.9 Å². The van der Waals surface area contributed by atoms with Gasteiger partial charge in [-0.15, -0.1) is 0 Å². The minimum atomic E-state index is -1.69. The van der Waals surface area contributed by atoms with Crippen molar-refractivity contribution in [3.63, 3.8) is 0 Å². The SMILES string of the molecule is O=C1c2c(c3c(c4c2-c2ccc(O)cc2C4)C(C2OC(CO)C(O)C(O)C2O)c2cc(O)ccc2-3)C(=O)N1NC(CO)CO.